The van der Waals surface area contributed by atoms with Gasteiger partial charge >= 0.3 is 6.18 Å². The highest BCUT2D eigenvalue weighted by atomic mass is 19.4. The number of aliphatic hydroxyl groups excluding tert-OH is 1. The highest BCUT2D eigenvalue weighted by molar-refractivity contribution is 6.02. The van der Waals surface area contributed by atoms with Gasteiger partial charge in [-0.1, -0.05) is 39.5 Å². The summed E-state index contributed by atoms with van der Waals surface area (Å²) in [4.78, 5) is 51.7. The van der Waals surface area contributed by atoms with Crippen LogP contribution in [0.1, 0.15) is 31.9 Å². The van der Waals surface area contributed by atoms with Crippen LogP contribution in [-0.4, -0.2) is 86.1 Å². The summed E-state index contributed by atoms with van der Waals surface area (Å²) in [5.74, 6) is -1.57. The molecule has 3 aromatic carbocycles. The fourth-order valence-electron chi connectivity index (χ4n) is 7.25. The molecule has 0 saturated carbocycles. The predicted octanol–water partition coefficient (Wildman–Crippen LogP) is 5.40. The fourth-order valence-corrected chi connectivity index (χ4v) is 7.25. The molecule has 0 bridgehead atoms. The van der Waals surface area contributed by atoms with Gasteiger partial charge in [0, 0.05) is 49.7 Å². The molecule has 4 heterocycles. The summed E-state index contributed by atoms with van der Waals surface area (Å²) in [6.45, 7) is 9.48. The Labute approximate surface area is 330 Å². The minimum absolute atomic E-state index is 0.0231. The molecule has 304 valence electrons. The van der Waals surface area contributed by atoms with E-state index in [4.69, 9.17) is 4.74 Å². The van der Waals surface area contributed by atoms with Gasteiger partial charge in [-0.3, -0.25) is 23.9 Å². The van der Waals surface area contributed by atoms with E-state index < -0.39 is 47.1 Å². The van der Waals surface area contributed by atoms with Gasteiger partial charge < -0.3 is 29.9 Å². The molecule has 1 amide bonds. The van der Waals surface area contributed by atoms with Gasteiger partial charge in [0.05, 0.1) is 54.1 Å². The molecule has 13 nitrogen and oxygen atoms in total. The summed E-state index contributed by atoms with van der Waals surface area (Å²) in [5.41, 5.74) is 0.590. The highest BCUT2D eigenvalue weighted by Crippen LogP contribution is 2.38. The molecule has 3 N–H and O–H groups in total. The Morgan fingerprint density at radius 2 is 1.81 bits per heavy atom. The summed E-state index contributed by atoms with van der Waals surface area (Å²) in [7, 11) is 1.49. The number of hydrogen-bond donors (Lipinski definition) is 3. The first-order valence-electron chi connectivity index (χ1n) is 18.5. The Balaban J connectivity index is 1.25. The van der Waals surface area contributed by atoms with E-state index in [9.17, 15) is 32.7 Å². The number of carbonyl (C=O) groups is 1. The summed E-state index contributed by atoms with van der Waals surface area (Å²) >= 11 is 0. The van der Waals surface area contributed by atoms with E-state index in [1.807, 2.05) is 20.8 Å². The average molecular weight is 803 g/mol. The number of piperazine rings is 1. The van der Waals surface area contributed by atoms with Gasteiger partial charge in [-0.25, -0.2) is 14.4 Å². The molecule has 0 spiro atoms. The summed E-state index contributed by atoms with van der Waals surface area (Å²) in [6, 6.07) is 10.2. The van der Waals surface area contributed by atoms with E-state index >= 15 is 4.39 Å². The predicted molar refractivity (Wildman–Crippen MR) is 212 cm³/mol. The van der Waals surface area contributed by atoms with Crippen LogP contribution in [-0.2, 0) is 28.6 Å². The van der Waals surface area contributed by atoms with Crippen LogP contribution < -0.4 is 26.7 Å². The zero-order valence-electron chi connectivity index (χ0n) is 32.2. The Hall–Kier alpha value is -5.91. The van der Waals surface area contributed by atoms with Crippen molar-refractivity contribution in [2.45, 2.75) is 51.1 Å². The number of aryl methyl sites for hydroxylation is 1. The minimum Gasteiger partial charge on any atom is -0.392 e. The van der Waals surface area contributed by atoms with Gasteiger partial charge in [-0.05, 0) is 53.5 Å². The molecule has 2 aliphatic heterocycles. The van der Waals surface area contributed by atoms with E-state index in [0.29, 0.717) is 30.9 Å². The third kappa shape index (κ3) is 7.71. The third-order valence-electron chi connectivity index (χ3n) is 10.5. The maximum atomic E-state index is 15.5. The van der Waals surface area contributed by atoms with Gasteiger partial charge in [-0.15, -0.1) is 0 Å². The molecule has 2 aromatic heterocycles. The molecule has 2 saturated heterocycles. The molecular formula is C41H42F4N8O5. The van der Waals surface area contributed by atoms with Crippen LogP contribution in [0.3, 0.4) is 0 Å². The molecule has 2 aliphatic rings. The van der Waals surface area contributed by atoms with Crippen molar-refractivity contribution in [3.05, 3.63) is 111 Å². The second-order valence-corrected chi connectivity index (χ2v) is 15.4. The number of nitrogens with zero attached hydrogens (tertiary/aromatic N) is 6. The Bertz CT molecular complexity index is 2540. The molecule has 7 rings (SSSR count). The number of aromatic nitrogens is 4. The van der Waals surface area contributed by atoms with Crippen molar-refractivity contribution in [2.75, 3.05) is 48.4 Å². The molecule has 0 aliphatic carbocycles. The number of alkyl halides is 3. The number of benzene rings is 3. The van der Waals surface area contributed by atoms with E-state index in [-0.39, 0.29) is 69.9 Å². The van der Waals surface area contributed by atoms with Gasteiger partial charge in [0.15, 0.2) is 5.82 Å². The Kier molecular flexibility index (Phi) is 10.7. The third-order valence-corrected chi connectivity index (χ3v) is 10.5. The Morgan fingerprint density at radius 3 is 2.47 bits per heavy atom. The smallest absolute Gasteiger partial charge is 0.392 e. The normalized spacial score (nSPS) is 16.6. The number of rotatable bonds is 9. The first-order valence-corrected chi connectivity index (χ1v) is 18.5. The maximum Gasteiger partial charge on any atom is 0.409 e. The van der Waals surface area contributed by atoms with Crippen molar-refractivity contribution in [3.63, 3.8) is 0 Å². The number of aliphatic hydroxyl groups is 1. The largest absolute Gasteiger partial charge is 0.409 e. The molecular weight excluding hydrogens is 760 g/mol. The van der Waals surface area contributed by atoms with Gasteiger partial charge in [-0.2, -0.15) is 13.2 Å². The lowest BCUT2D eigenvalue weighted by Crippen LogP contribution is -2.64. The van der Waals surface area contributed by atoms with Crippen LogP contribution in [0.5, 0.6) is 0 Å². The van der Waals surface area contributed by atoms with Crippen molar-refractivity contribution >= 4 is 39.7 Å². The quantitative estimate of drug-likeness (QED) is 0.131. The summed E-state index contributed by atoms with van der Waals surface area (Å²) in [5, 5.41) is 16.0. The number of amides is 1. The molecule has 5 aromatic rings. The maximum absolute atomic E-state index is 15.5. The van der Waals surface area contributed by atoms with Gasteiger partial charge in [0.1, 0.15) is 23.6 Å². The van der Waals surface area contributed by atoms with Crippen molar-refractivity contribution < 1.29 is 32.2 Å². The second kappa shape index (κ2) is 15.4. The summed E-state index contributed by atoms with van der Waals surface area (Å²) < 4.78 is 66.7. The first kappa shape index (κ1) is 40.3. The van der Waals surface area contributed by atoms with Crippen LogP contribution in [0, 0.1) is 5.82 Å². The number of halogens is 4. The van der Waals surface area contributed by atoms with Crippen LogP contribution in [0.15, 0.2) is 83.3 Å². The molecule has 0 unspecified atom stereocenters. The zero-order chi connectivity index (χ0) is 41.7. The van der Waals surface area contributed by atoms with Crippen LogP contribution in [0.2, 0.25) is 0 Å². The lowest BCUT2D eigenvalue weighted by Gasteiger charge is -2.48. The number of hydrogen-bond acceptors (Lipinski definition) is 10. The Morgan fingerprint density at radius 1 is 1.05 bits per heavy atom. The van der Waals surface area contributed by atoms with Gasteiger partial charge in [0.25, 0.3) is 11.1 Å². The van der Waals surface area contributed by atoms with Crippen molar-refractivity contribution in [1.29, 1.82) is 0 Å². The van der Waals surface area contributed by atoms with E-state index in [1.165, 1.54) is 53.3 Å². The number of anilines is 4. The number of nitrogens with one attached hydrogen (secondary N) is 2. The molecule has 1 atom stereocenters. The SMILES string of the molecule is C=CC(=O)Nc1cc(Nc2nc(-c3cccc(-n4cnc5cc(C(C)(C)C)cc(F)c5c4=O)c3CO)cn(C)c2=O)ccc1N1CCN(C2COC2)C[C@@H]1C(F)(F)F. The average Bonchev–Trinajstić information content (AvgIpc) is 3.15. The first-order chi connectivity index (χ1) is 27.5. The highest BCUT2D eigenvalue weighted by Gasteiger charge is 2.48. The van der Waals surface area contributed by atoms with Gasteiger partial charge in [0.2, 0.25) is 5.91 Å². The van der Waals surface area contributed by atoms with E-state index in [2.05, 4.69) is 27.2 Å². The fraction of sp³-hybridized carbons (Fsp3) is 0.341. The van der Waals surface area contributed by atoms with Crippen molar-refractivity contribution in [3.8, 4) is 16.9 Å². The molecule has 17 heteroatoms. The van der Waals surface area contributed by atoms with E-state index in [1.54, 1.807) is 29.2 Å². The standard InChI is InChI=1S/C41H42F4N8O5/c1-6-35(55)48-29-16-24(10-11-33(29)52-13-12-51(25-20-58-21-25)18-34(52)41(43,44)45)47-37-39(57)50(5)17-31(49-37)26-8-7-9-32(27(26)19-54)53-22-46-30-15-23(40(2,3)4)14-28(42)36(30)38(53)56/h6-11,14-17,22,25,34,54H,1,12-13,18-21H2,2-5H3,(H,47,49)(H,48,55)/t34-/m1/s1. The lowest BCUT2D eigenvalue weighted by molar-refractivity contribution is -0.165. The molecule has 0 radical (unpaired) electrons. The minimum atomic E-state index is -4.59. The van der Waals surface area contributed by atoms with Crippen LogP contribution in [0.4, 0.5) is 40.4 Å². The number of ether oxygens (including phenoxy) is 1. The monoisotopic (exact) mass is 802 g/mol. The van der Waals surface area contributed by atoms with E-state index in [0.717, 1.165) is 10.6 Å². The topological polar surface area (TPSA) is 147 Å². The van der Waals surface area contributed by atoms with Crippen molar-refractivity contribution in [1.82, 2.24) is 24.0 Å². The number of carbonyl (C=O) groups excluding carboxylic acids is 1. The van der Waals surface area contributed by atoms with Crippen molar-refractivity contribution in [2.24, 2.45) is 7.05 Å². The number of fused-ring (bicyclic) bond motifs is 1. The van der Waals surface area contributed by atoms with Crippen LogP contribution >= 0.6 is 0 Å². The summed E-state index contributed by atoms with van der Waals surface area (Å²) in [6.07, 6.45) is -0.893. The zero-order valence-corrected chi connectivity index (χ0v) is 32.2. The lowest BCUT2D eigenvalue weighted by atomic mass is 9.86. The van der Waals surface area contributed by atoms with Crippen LogP contribution in [0.25, 0.3) is 27.8 Å². The molecule has 58 heavy (non-hydrogen) atoms. The second-order valence-electron chi connectivity index (χ2n) is 15.4. The molecule has 2 fully saturated rings.